The second-order valence-electron chi connectivity index (χ2n) is 12.7. The molecular weight excluding hydrogens is 678 g/mol. The van der Waals surface area contributed by atoms with Crippen molar-refractivity contribution in [1.29, 1.82) is 0 Å². The summed E-state index contributed by atoms with van der Waals surface area (Å²) >= 11 is 0. The molecule has 1 aliphatic carbocycles. The Hall–Kier alpha value is -6.06. The number of carbonyl (C=O) groups is 3. The van der Waals surface area contributed by atoms with Crippen LogP contribution < -0.4 is 31.3 Å². The van der Waals surface area contributed by atoms with Crippen molar-refractivity contribution in [3.63, 3.8) is 0 Å². The molecular formula is C38H43N9O6. The van der Waals surface area contributed by atoms with Crippen LogP contribution in [-0.4, -0.2) is 92.6 Å². The van der Waals surface area contributed by atoms with Crippen molar-refractivity contribution >= 4 is 40.5 Å². The largest absolute Gasteiger partial charge is 0.497 e. The summed E-state index contributed by atoms with van der Waals surface area (Å²) in [6, 6.07) is 25.1. The number of benzene rings is 3. The quantitative estimate of drug-likeness (QED) is 0.0835. The van der Waals surface area contributed by atoms with E-state index < -0.39 is 36.2 Å². The zero-order valence-corrected chi connectivity index (χ0v) is 29.4. The van der Waals surface area contributed by atoms with E-state index in [-0.39, 0.29) is 49.2 Å². The lowest BCUT2D eigenvalue weighted by molar-refractivity contribution is -0.122. The van der Waals surface area contributed by atoms with Gasteiger partial charge in [0.05, 0.1) is 25.5 Å². The molecule has 0 bridgehead atoms. The molecule has 3 aromatic carbocycles. The first kappa shape index (κ1) is 36.7. The van der Waals surface area contributed by atoms with E-state index in [2.05, 4.69) is 41.5 Å². The normalized spacial score (nSPS) is 18.1. The molecule has 2 aromatic heterocycles. The lowest BCUT2D eigenvalue weighted by Gasteiger charge is -2.20. The Bertz CT molecular complexity index is 1970. The van der Waals surface area contributed by atoms with Gasteiger partial charge in [-0.2, -0.15) is 0 Å². The monoisotopic (exact) mass is 721 g/mol. The van der Waals surface area contributed by atoms with Gasteiger partial charge < -0.3 is 46.1 Å². The molecule has 15 nitrogen and oxygen atoms in total. The number of aliphatic hydroxyl groups is 2. The Balaban J connectivity index is 1.23. The maximum absolute atomic E-state index is 13.5. The van der Waals surface area contributed by atoms with Crippen molar-refractivity contribution in [3.8, 4) is 5.75 Å². The van der Waals surface area contributed by atoms with Gasteiger partial charge in [0.1, 0.15) is 23.5 Å². The zero-order chi connectivity index (χ0) is 37.3. The number of nitrogens with zero attached hydrogens (tertiary/aromatic N) is 4. The molecule has 0 spiro atoms. The van der Waals surface area contributed by atoms with Crippen LogP contribution in [0.5, 0.6) is 5.75 Å². The number of fused-ring (bicyclic) bond motifs is 1. The first-order valence-electron chi connectivity index (χ1n) is 17.5. The molecule has 2 heterocycles. The topological polar surface area (TPSA) is 205 Å². The standard InChI is InChI=1S/C38H43N9O6/c1-3-30(48)44-28-20-29(33(50)32(28)49)47-22-42-31-34(41-21-27(23-10-6-4-7-11-23)24-12-8-5-9-13-24)45-35(46-36(31)47)37(51)39-18-19-40-38(52)43-25-14-16-26(53-2)17-15-25/h4-17,22,27-29,32-33,49-50H,3,18-21H2,1-2H3,(H,39,51)(H,44,48)(H2,40,43,52)(H,41,45,46)/t28-,29+,32+,33-/m0/s1. The number of amides is 4. The first-order chi connectivity index (χ1) is 25.7. The minimum Gasteiger partial charge on any atom is -0.497 e. The number of nitrogens with one attached hydrogen (secondary N) is 5. The number of hydrogen-bond donors (Lipinski definition) is 7. The van der Waals surface area contributed by atoms with Gasteiger partial charge in [0, 0.05) is 37.7 Å². The van der Waals surface area contributed by atoms with E-state index in [0.717, 1.165) is 11.1 Å². The van der Waals surface area contributed by atoms with E-state index >= 15 is 0 Å². The fourth-order valence-electron chi connectivity index (χ4n) is 6.40. The van der Waals surface area contributed by atoms with Gasteiger partial charge in [-0.3, -0.25) is 9.59 Å². The number of methoxy groups -OCH3 is 1. The number of hydrogen-bond acceptors (Lipinski definition) is 10. The third-order valence-corrected chi connectivity index (χ3v) is 9.22. The van der Waals surface area contributed by atoms with Crippen LogP contribution in [0, 0.1) is 0 Å². The molecule has 1 fully saturated rings. The lowest BCUT2D eigenvalue weighted by atomic mass is 9.91. The molecule has 5 aromatic rings. The van der Waals surface area contributed by atoms with Crippen LogP contribution in [-0.2, 0) is 4.79 Å². The highest BCUT2D eigenvalue weighted by molar-refractivity contribution is 5.94. The summed E-state index contributed by atoms with van der Waals surface area (Å²) in [7, 11) is 1.56. The highest BCUT2D eigenvalue weighted by atomic mass is 16.5. The SMILES string of the molecule is CCC(=O)N[C@H]1C[C@@H](n2cnc3c(NCC(c4ccccc4)c4ccccc4)nc(C(=O)NCCNC(=O)Nc4ccc(OC)cc4)nc32)[C@H](O)[C@@H]1O. The second-order valence-corrected chi connectivity index (χ2v) is 12.7. The van der Waals surface area contributed by atoms with E-state index in [1.165, 1.54) is 6.33 Å². The molecule has 7 N–H and O–H groups in total. The summed E-state index contributed by atoms with van der Waals surface area (Å²) in [5.41, 5.74) is 3.35. The predicted molar refractivity (Wildman–Crippen MR) is 199 cm³/mol. The summed E-state index contributed by atoms with van der Waals surface area (Å²) in [6.07, 6.45) is -0.527. The zero-order valence-electron chi connectivity index (χ0n) is 29.4. The van der Waals surface area contributed by atoms with Crippen molar-refractivity contribution in [3.05, 3.63) is 108 Å². The van der Waals surface area contributed by atoms with Gasteiger partial charge in [-0.25, -0.2) is 19.7 Å². The average Bonchev–Trinajstić information content (AvgIpc) is 3.73. The van der Waals surface area contributed by atoms with Gasteiger partial charge in [0.2, 0.25) is 11.7 Å². The van der Waals surface area contributed by atoms with Crippen molar-refractivity contribution in [2.24, 2.45) is 0 Å². The number of aliphatic hydroxyl groups excluding tert-OH is 2. The lowest BCUT2D eigenvalue weighted by Crippen LogP contribution is -2.42. The smallest absolute Gasteiger partial charge is 0.319 e. The first-order valence-corrected chi connectivity index (χ1v) is 17.5. The summed E-state index contributed by atoms with van der Waals surface area (Å²) in [5, 5.41) is 36.3. The summed E-state index contributed by atoms with van der Waals surface area (Å²) in [4.78, 5) is 51.8. The number of urea groups is 1. The van der Waals surface area contributed by atoms with Crippen LogP contribution in [0.2, 0.25) is 0 Å². The van der Waals surface area contributed by atoms with Crippen LogP contribution in [0.3, 0.4) is 0 Å². The summed E-state index contributed by atoms with van der Waals surface area (Å²) in [6.45, 7) is 2.30. The van der Waals surface area contributed by atoms with Crippen LogP contribution in [0.1, 0.15) is 53.5 Å². The number of ether oxygens (including phenoxy) is 1. The van der Waals surface area contributed by atoms with Crippen molar-refractivity contribution in [1.82, 2.24) is 35.5 Å². The Morgan fingerprint density at radius 1 is 0.887 bits per heavy atom. The third-order valence-electron chi connectivity index (χ3n) is 9.22. The summed E-state index contributed by atoms with van der Waals surface area (Å²) in [5.74, 6) is -0.117. The summed E-state index contributed by atoms with van der Waals surface area (Å²) < 4.78 is 6.75. The van der Waals surface area contributed by atoms with Crippen molar-refractivity contribution < 1.29 is 29.3 Å². The van der Waals surface area contributed by atoms with Crippen molar-refractivity contribution in [2.45, 2.75) is 50.0 Å². The van der Waals surface area contributed by atoms with Crippen LogP contribution >= 0.6 is 0 Å². The van der Waals surface area contributed by atoms with Gasteiger partial charge in [0.25, 0.3) is 5.91 Å². The molecule has 0 radical (unpaired) electrons. The number of anilines is 2. The molecule has 276 valence electrons. The fraction of sp³-hybridized carbons (Fsp3) is 0.316. The average molecular weight is 722 g/mol. The van der Waals surface area contributed by atoms with Gasteiger partial charge in [-0.15, -0.1) is 0 Å². The minimum atomic E-state index is -1.24. The molecule has 4 amide bonds. The van der Waals surface area contributed by atoms with Gasteiger partial charge in [-0.05, 0) is 41.8 Å². The highest BCUT2D eigenvalue weighted by Gasteiger charge is 2.43. The van der Waals surface area contributed by atoms with Gasteiger partial charge in [0.15, 0.2) is 11.5 Å². The molecule has 0 unspecified atom stereocenters. The molecule has 1 aliphatic rings. The number of aromatic nitrogens is 4. The molecule has 0 aliphatic heterocycles. The van der Waals surface area contributed by atoms with E-state index in [9.17, 15) is 24.6 Å². The third kappa shape index (κ3) is 8.71. The number of imidazole rings is 1. The Morgan fingerprint density at radius 3 is 2.19 bits per heavy atom. The van der Waals surface area contributed by atoms with E-state index in [4.69, 9.17) is 4.74 Å². The molecule has 4 atom stereocenters. The molecule has 1 saturated carbocycles. The Labute approximate surface area is 306 Å². The van der Waals surface area contributed by atoms with E-state index in [1.807, 2.05) is 60.7 Å². The molecule has 0 saturated heterocycles. The Morgan fingerprint density at radius 2 is 1.55 bits per heavy atom. The highest BCUT2D eigenvalue weighted by Crippen LogP contribution is 2.34. The van der Waals surface area contributed by atoms with Gasteiger partial charge >= 0.3 is 6.03 Å². The minimum absolute atomic E-state index is 0.0772. The maximum Gasteiger partial charge on any atom is 0.319 e. The van der Waals surface area contributed by atoms with E-state index in [0.29, 0.717) is 29.3 Å². The van der Waals surface area contributed by atoms with E-state index in [1.54, 1.807) is 42.9 Å². The van der Waals surface area contributed by atoms with Gasteiger partial charge in [-0.1, -0.05) is 67.6 Å². The number of carbonyl (C=O) groups excluding carboxylic acids is 3. The molecule has 6 rings (SSSR count). The predicted octanol–water partition coefficient (Wildman–Crippen LogP) is 3.19. The number of rotatable bonds is 14. The molecule has 15 heteroatoms. The van der Waals surface area contributed by atoms with Crippen LogP contribution in [0.15, 0.2) is 91.3 Å². The second kappa shape index (κ2) is 17.0. The van der Waals surface area contributed by atoms with Crippen LogP contribution in [0.25, 0.3) is 11.2 Å². The van der Waals surface area contributed by atoms with Crippen molar-refractivity contribution in [2.75, 3.05) is 37.4 Å². The maximum atomic E-state index is 13.5. The Kier molecular flexibility index (Phi) is 11.8. The van der Waals surface area contributed by atoms with Crippen LogP contribution in [0.4, 0.5) is 16.3 Å². The fourth-order valence-corrected chi connectivity index (χ4v) is 6.40. The molecule has 53 heavy (non-hydrogen) atoms.